The Labute approximate surface area is 172 Å². The summed E-state index contributed by atoms with van der Waals surface area (Å²) in [5, 5.41) is 15.4. The van der Waals surface area contributed by atoms with Crippen LogP contribution in [0.1, 0.15) is 16.7 Å². The van der Waals surface area contributed by atoms with E-state index in [1.165, 1.54) is 12.7 Å². The van der Waals surface area contributed by atoms with Crippen LogP contribution in [0.25, 0.3) is 22.6 Å². The molecule has 7 heteroatoms. The molecule has 2 aromatic heterocycles. The standard InChI is InChI=1S/C23H19N3O4/c1-29-21-10-7-15(11-20(21)26(27)28)13-25-14-19-18(9-8-17-12-24-30-23(17)19)22(25)16-5-3-2-4-6-16/h2-7,10-12,14H,8-9,13H2,1H3. The Hall–Kier alpha value is -3.87. The van der Waals surface area contributed by atoms with Crippen LogP contribution in [-0.4, -0.2) is 21.8 Å². The highest BCUT2D eigenvalue weighted by Gasteiger charge is 2.27. The van der Waals surface area contributed by atoms with Gasteiger partial charge in [-0.25, -0.2) is 0 Å². The van der Waals surface area contributed by atoms with Gasteiger partial charge < -0.3 is 13.8 Å². The van der Waals surface area contributed by atoms with Gasteiger partial charge in [-0.1, -0.05) is 41.6 Å². The Bertz CT molecular complexity index is 1240. The summed E-state index contributed by atoms with van der Waals surface area (Å²) in [7, 11) is 1.44. The molecule has 2 aromatic carbocycles. The minimum atomic E-state index is -0.415. The van der Waals surface area contributed by atoms with Gasteiger partial charge in [0.2, 0.25) is 0 Å². The van der Waals surface area contributed by atoms with Crippen molar-refractivity contribution in [3.8, 4) is 28.3 Å². The number of nitrogens with zero attached hydrogens (tertiary/aromatic N) is 3. The number of hydrogen-bond acceptors (Lipinski definition) is 5. The van der Waals surface area contributed by atoms with Crippen LogP contribution in [0, 0.1) is 10.1 Å². The van der Waals surface area contributed by atoms with Gasteiger partial charge in [-0.05, 0) is 35.6 Å². The Morgan fingerprint density at radius 2 is 2.03 bits per heavy atom. The number of methoxy groups -OCH3 is 1. The van der Waals surface area contributed by atoms with E-state index in [4.69, 9.17) is 9.26 Å². The lowest BCUT2D eigenvalue weighted by Crippen LogP contribution is -2.04. The first kappa shape index (κ1) is 18.2. The summed E-state index contributed by atoms with van der Waals surface area (Å²) in [6.07, 6.45) is 5.62. The van der Waals surface area contributed by atoms with Crippen molar-refractivity contribution in [3.05, 3.63) is 87.7 Å². The molecule has 0 saturated heterocycles. The van der Waals surface area contributed by atoms with E-state index in [2.05, 4.69) is 28.1 Å². The van der Waals surface area contributed by atoms with Crippen molar-refractivity contribution < 1.29 is 14.2 Å². The minimum Gasteiger partial charge on any atom is -0.490 e. The lowest BCUT2D eigenvalue weighted by molar-refractivity contribution is -0.385. The molecule has 0 N–H and O–H groups in total. The number of nitro benzene ring substituents is 1. The van der Waals surface area contributed by atoms with Crippen LogP contribution in [0.15, 0.2) is 65.4 Å². The molecule has 7 nitrogen and oxygen atoms in total. The van der Waals surface area contributed by atoms with Crippen LogP contribution < -0.4 is 4.74 Å². The molecule has 0 spiro atoms. The molecule has 0 fully saturated rings. The molecular weight excluding hydrogens is 382 g/mol. The first-order chi connectivity index (χ1) is 14.7. The molecule has 0 unspecified atom stereocenters. The highest BCUT2D eigenvalue weighted by atomic mass is 16.6. The fourth-order valence-corrected chi connectivity index (χ4v) is 4.20. The maximum Gasteiger partial charge on any atom is 0.311 e. The third-order valence-corrected chi connectivity index (χ3v) is 5.56. The van der Waals surface area contributed by atoms with Crippen LogP contribution in [0.3, 0.4) is 0 Å². The SMILES string of the molecule is COc1ccc(Cn2cc3c(c2-c2ccccc2)CCc2cnoc2-3)cc1[N+](=O)[O-]. The fourth-order valence-electron chi connectivity index (χ4n) is 4.20. The van der Waals surface area contributed by atoms with Gasteiger partial charge in [0.25, 0.3) is 0 Å². The predicted molar refractivity (Wildman–Crippen MR) is 112 cm³/mol. The highest BCUT2D eigenvalue weighted by molar-refractivity contribution is 5.78. The second-order valence-corrected chi connectivity index (χ2v) is 7.31. The van der Waals surface area contributed by atoms with Crippen molar-refractivity contribution >= 4 is 5.69 Å². The Balaban J connectivity index is 1.64. The summed E-state index contributed by atoms with van der Waals surface area (Å²) >= 11 is 0. The Morgan fingerprint density at radius 3 is 2.80 bits per heavy atom. The van der Waals surface area contributed by atoms with Crippen molar-refractivity contribution in [2.24, 2.45) is 0 Å². The molecule has 0 amide bonds. The molecule has 1 aliphatic rings. The molecule has 0 aliphatic heterocycles. The number of nitro groups is 1. The molecule has 1 aliphatic carbocycles. The van der Waals surface area contributed by atoms with Crippen LogP contribution in [0.4, 0.5) is 5.69 Å². The van der Waals surface area contributed by atoms with Gasteiger partial charge in [-0.2, -0.15) is 0 Å². The molecule has 4 aromatic rings. The van der Waals surface area contributed by atoms with E-state index in [0.717, 1.165) is 46.5 Å². The van der Waals surface area contributed by atoms with Gasteiger partial charge in [0.1, 0.15) is 0 Å². The van der Waals surface area contributed by atoms with E-state index in [9.17, 15) is 10.1 Å². The van der Waals surface area contributed by atoms with Crippen molar-refractivity contribution in [2.75, 3.05) is 7.11 Å². The van der Waals surface area contributed by atoms with Crippen molar-refractivity contribution in [1.29, 1.82) is 0 Å². The summed E-state index contributed by atoms with van der Waals surface area (Å²) in [5.74, 6) is 1.07. The number of benzene rings is 2. The maximum atomic E-state index is 11.4. The fraction of sp³-hybridized carbons (Fsp3) is 0.174. The molecular formula is C23H19N3O4. The number of hydrogen-bond donors (Lipinski definition) is 0. The van der Waals surface area contributed by atoms with Gasteiger partial charge in [0.15, 0.2) is 11.5 Å². The zero-order valence-electron chi connectivity index (χ0n) is 16.4. The third kappa shape index (κ3) is 2.95. The van der Waals surface area contributed by atoms with Gasteiger partial charge in [0.05, 0.1) is 23.9 Å². The average molecular weight is 401 g/mol. The van der Waals surface area contributed by atoms with E-state index in [-0.39, 0.29) is 11.4 Å². The Morgan fingerprint density at radius 1 is 1.20 bits per heavy atom. The van der Waals surface area contributed by atoms with Crippen molar-refractivity contribution in [2.45, 2.75) is 19.4 Å². The summed E-state index contributed by atoms with van der Waals surface area (Å²) in [6.45, 7) is 0.492. The number of ether oxygens (including phenoxy) is 1. The summed E-state index contributed by atoms with van der Waals surface area (Å²) in [4.78, 5) is 11.0. The van der Waals surface area contributed by atoms with Gasteiger partial charge in [0, 0.05) is 29.9 Å². The molecule has 0 atom stereocenters. The van der Waals surface area contributed by atoms with E-state index in [1.54, 1.807) is 18.3 Å². The average Bonchev–Trinajstić information content (AvgIpc) is 3.38. The zero-order valence-corrected chi connectivity index (χ0v) is 16.4. The summed E-state index contributed by atoms with van der Waals surface area (Å²) in [5.41, 5.74) is 6.36. The van der Waals surface area contributed by atoms with Crippen molar-refractivity contribution in [1.82, 2.24) is 9.72 Å². The van der Waals surface area contributed by atoms with E-state index in [1.807, 2.05) is 24.3 Å². The number of aromatic nitrogens is 2. The third-order valence-electron chi connectivity index (χ3n) is 5.56. The van der Waals surface area contributed by atoms with Gasteiger partial charge >= 0.3 is 5.69 Å². The molecule has 0 saturated carbocycles. The maximum absolute atomic E-state index is 11.4. The second-order valence-electron chi connectivity index (χ2n) is 7.31. The first-order valence-corrected chi connectivity index (χ1v) is 9.68. The normalized spacial score (nSPS) is 12.3. The molecule has 30 heavy (non-hydrogen) atoms. The summed E-state index contributed by atoms with van der Waals surface area (Å²) in [6, 6.07) is 15.3. The van der Waals surface area contributed by atoms with Gasteiger partial charge in [-0.3, -0.25) is 10.1 Å². The quantitative estimate of drug-likeness (QED) is 0.352. The van der Waals surface area contributed by atoms with Crippen molar-refractivity contribution in [3.63, 3.8) is 0 Å². The topological polar surface area (TPSA) is 83.3 Å². The number of rotatable bonds is 5. The smallest absolute Gasteiger partial charge is 0.311 e. The molecule has 5 rings (SSSR count). The molecule has 0 bridgehead atoms. The zero-order chi connectivity index (χ0) is 20.7. The van der Waals surface area contributed by atoms with E-state index < -0.39 is 4.92 Å². The lowest BCUT2D eigenvalue weighted by Gasteiger charge is -2.14. The first-order valence-electron chi connectivity index (χ1n) is 9.68. The van der Waals surface area contributed by atoms with E-state index >= 15 is 0 Å². The largest absolute Gasteiger partial charge is 0.490 e. The van der Waals surface area contributed by atoms with Crippen LogP contribution >= 0.6 is 0 Å². The molecule has 0 radical (unpaired) electrons. The highest BCUT2D eigenvalue weighted by Crippen LogP contribution is 2.41. The second kappa shape index (κ2) is 7.18. The molecule has 150 valence electrons. The Kier molecular flexibility index (Phi) is 4.35. The van der Waals surface area contributed by atoms with Crippen LogP contribution in [0.5, 0.6) is 5.75 Å². The summed E-state index contributed by atoms with van der Waals surface area (Å²) < 4.78 is 12.8. The van der Waals surface area contributed by atoms with Gasteiger partial charge in [-0.15, -0.1) is 0 Å². The lowest BCUT2D eigenvalue weighted by atomic mass is 9.91. The monoisotopic (exact) mass is 401 g/mol. The van der Waals surface area contributed by atoms with Crippen LogP contribution in [-0.2, 0) is 19.4 Å². The van der Waals surface area contributed by atoms with Crippen LogP contribution in [0.2, 0.25) is 0 Å². The molecule has 2 heterocycles. The van der Waals surface area contributed by atoms with E-state index in [0.29, 0.717) is 6.54 Å². The minimum absolute atomic E-state index is 0.0364. The number of fused-ring (bicyclic) bond motifs is 3. The number of aryl methyl sites for hydroxylation is 1. The predicted octanol–water partition coefficient (Wildman–Crippen LogP) is 4.87.